The number of amides is 2. The van der Waals surface area contributed by atoms with Crippen LogP contribution in [0.4, 0.5) is 5.69 Å². The summed E-state index contributed by atoms with van der Waals surface area (Å²) in [5.41, 5.74) is 0.764. The highest BCUT2D eigenvalue weighted by atomic mass is 16.3. The van der Waals surface area contributed by atoms with E-state index in [4.69, 9.17) is 4.42 Å². The molecule has 0 spiro atoms. The third-order valence-corrected chi connectivity index (χ3v) is 4.61. The van der Waals surface area contributed by atoms with Gasteiger partial charge in [0.2, 0.25) is 11.8 Å². The number of hydrogen-bond acceptors (Lipinski definition) is 3. The van der Waals surface area contributed by atoms with Crippen molar-refractivity contribution in [1.82, 2.24) is 5.32 Å². The Bertz CT molecular complexity index is 768. The van der Waals surface area contributed by atoms with Crippen molar-refractivity contribution in [3.8, 4) is 0 Å². The van der Waals surface area contributed by atoms with Crippen LogP contribution in [0.3, 0.4) is 0 Å². The summed E-state index contributed by atoms with van der Waals surface area (Å²) < 4.78 is 5.21. The molecule has 132 valence electrons. The first-order chi connectivity index (χ1) is 11.8. The van der Waals surface area contributed by atoms with Gasteiger partial charge < -0.3 is 15.1 Å². The fourth-order valence-electron chi connectivity index (χ4n) is 2.92. The molecule has 1 saturated carbocycles. The number of benzene rings is 1. The van der Waals surface area contributed by atoms with Crippen molar-refractivity contribution < 1.29 is 14.0 Å². The number of hydrogen-bond donors (Lipinski definition) is 2. The summed E-state index contributed by atoms with van der Waals surface area (Å²) in [5, 5.41) is 5.78. The van der Waals surface area contributed by atoms with E-state index in [1.165, 1.54) is 0 Å². The average molecular weight is 340 g/mol. The highest BCUT2D eigenvalue weighted by molar-refractivity contribution is 6.13. The maximum absolute atomic E-state index is 12.8. The van der Waals surface area contributed by atoms with E-state index in [2.05, 4.69) is 31.4 Å². The van der Waals surface area contributed by atoms with Crippen molar-refractivity contribution >= 4 is 17.5 Å². The molecule has 1 heterocycles. The van der Waals surface area contributed by atoms with Crippen LogP contribution in [-0.4, -0.2) is 11.8 Å². The Kier molecular flexibility index (Phi) is 4.41. The summed E-state index contributed by atoms with van der Waals surface area (Å²) >= 11 is 0. The van der Waals surface area contributed by atoms with Gasteiger partial charge in [-0.1, -0.05) is 39.0 Å². The second-order valence-corrected chi connectivity index (χ2v) is 7.59. The first-order valence-corrected chi connectivity index (χ1v) is 8.54. The Morgan fingerprint density at radius 3 is 2.40 bits per heavy atom. The van der Waals surface area contributed by atoms with Gasteiger partial charge in [-0.2, -0.15) is 0 Å². The first-order valence-electron chi connectivity index (χ1n) is 8.54. The number of furan rings is 1. The minimum atomic E-state index is -0.961. The molecule has 1 aromatic heterocycles. The molecule has 1 aliphatic carbocycles. The monoisotopic (exact) mass is 340 g/mol. The van der Waals surface area contributed by atoms with Gasteiger partial charge in [0.1, 0.15) is 11.2 Å². The first kappa shape index (κ1) is 17.3. The van der Waals surface area contributed by atoms with Gasteiger partial charge in [0.25, 0.3) is 0 Å². The van der Waals surface area contributed by atoms with Gasteiger partial charge in [0, 0.05) is 5.69 Å². The molecule has 0 bridgehead atoms. The molecule has 2 amide bonds. The van der Waals surface area contributed by atoms with Crippen LogP contribution in [0.1, 0.15) is 44.9 Å². The van der Waals surface area contributed by atoms with Gasteiger partial charge in [0.05, 0.1) is 12.8 Å². The molecule has 1 aromatic carbocycles. The lowest BCUT2D eigenvalue weighted by atomic mass is 9.85. The van der Waals surface area contributed by atoms with Crippen molar-refractivity contribution in [2.24, 2.45) is 5.41 Å². The summed E-state index contributed by atoms with van der Waals surface area (Å²) in [6.45, 7) is 6.59. The quantitative estimate of drug-likeness (QED) is 0.817. The summed E-state index contributed by atoms with van der Waals surface area (Å²) in [6.07, 6.45) is 2.70. The maximum Gasteiger partial charge on any atom is 0.240 e. The van der Waals surface area contributed by atoms with Crippen molar-refractivity contribution in [2.45, 2.75) is 45.6 Å². The van der Waals surface area contributed by atoms with E-state index < -0.39 is 5.41 Å². The maximum atomic E-state index is 12.8. The van der Waals surface area contributed by atoms with E-state index in [-0.39, 0.29) is 17.2 Å². The summed E-state index contributed by atoms with van der Waals surface area (Å²) in [6, 6.07) is 11.3. The molecule has 3 rings (SSSR count). The van der Waals surface area contributed by atoms with Crippen LogP contribution < -0.4 is 10.6 Å². The predicted molar refractivity (Wildman–Crippen MR) is 96.0 cm³/mol. The molecule has 25 heavy (non-hydrogen) atoms. The van der Waals surface area contributed by atoms with Gasteiger partial charge in [-0.25, -0.2) is 0 Å². The van der Waals surface area contributed by atoms with Crippen LogP contribution in [0.5, 0.6) is 0 Å². The predicted octanol–water partition coefficient (Wildman–Crippen LogP) is 3.61. The molecule has 0 atom stereocenters. The van der Waals surface area contributed by atoms with Crippen molar-refractivity contribution in [3.63, 3.8) is 0 Å². The lowest BCUT2D eigenvalue weighted by Crippen LogP contribution is -2.40. The molecular formula is C20H24N2O3. The third kappa shape index (κ3) is 3.60. The highest BCUT2D eigenvalue weighted by Crippen LogP contribution is 2.47. The molecule has 1 fully saturated rings. The molecular weight excluding hydrogens is 316 g/mol. The molecule has 1 aliphatic rings. The zero-order valence-corrected chi connectivity index (χ0v) is 14.9. The molecule has 0 unspecified atom stereocenters. The molecule has 5 heteroatoms. The van der Waals surface area contributed by atoms with E-state index in [0.717, 1.165) is 11.3 Å². The smallest absolute Gasteiger partial charge is 0.240 e. The van der Waals surface area contributed by atoms with Gasteiger partial charge >= 0.3 is 0 Å². The number of rotatable bonds is 5. The standard InChI is InChI=1S/C20H24N2O3/c1-19(2,3)15-8-4-5-9-16(15)22-18(24)20(10-11-20)17(23)21-13-14-7-6-12-25-14/h4-9,12H,10-11,13H2,1-3H3,(H,21,23)(H,22,24). The number of nitrogens with one attached hydrogen (secondary N) is 2. The molecule has 0 radical (unpaired) electrons. The van der Waals surface area contributed by atoms with Crippen molar-refractivity contribution in [2.75, 3.05) is 5.32 Å². The van der Waals surface area contributed by atoms with Crippen molar-refractivity contribution in [3.05, 3.63) is 54.0 Å². The van der Waals surface area contributed by atoms with Crippen LogP contribution in [0.2, 0.25) is 0 Å². The lowest BCUT2D eigenvalue weighted by molar-refractivity contribution is -0.134. The topological polar surface area (TPSA) is 71.3 Å². The van der Waals surface area contributed by atoms with Gasteiger partial charge in [-0.05, 0) is 42.0 Å². The minimum Gasteiger partial charge on any atom is -0.467 e. The summed E-state index contributed by atoms with van der Waals surface area (Å²) in [4.78, 5) is 25.3. The van der Waals surface area contributed by atoms with Crippen LogP contribution in [0.15, 0.2) is 47.1 Å². The van der Waals surface area contributed by atoms with Crippen LogP contribution in [0, 0.1) is 5.41 Å². The Labute approximate surface area is 147 Å². The molecule has 5 nitrogen and oxygen atoms in total. The lowest BCUT2D eigenvalue weighted by Gasteiger charge is -2.24. The van der Waals surface area contributed by atoms with Gasteiger partial charge in [-0.3, -0.25) is 9.59 Å². The summed E-state index contributed by atoms with van der Waals surface area (Å²) in [5.74, 6) is 0.193. The van der Waals surface area contributed by atoms with Crippen LogP contribution in [-0.2, 0) is 21.5 Å². The minimum absolute atomic E-state index is 0.0951. The fourth-order valence-corrected chi connectivity index (χ4v) is 2.92. The summed E-state index contributed by atoms with van der Waals surface area (Å²) in [7, 11) is 0. The van der Waals surface area contributed by atoms with Gasteiger partial charge in [-0.15, -0.1) is 0 Å². The molecule has 2 aromatic rings. The van der Waals surface area contributed by atoms with E-state index in [1.807, 2.05) is 24.3 Å². The van der Waals surface area contributed by atoms with Crippen molar-refractivity contribution in [1.29, 1.82) is 0 Å². The van der Waals surface area contributed by atoms with Crippen LogP contribution >= 0.6 is 0 Å². The Morgan fingerprint density at radius 2 is 1.80 bits per heavy atom. The third-order valence-electron chi connectivity index (χ3n) is 4.61. The number of carbonyl (C=O) groups excluding carboxylic acids is 2. The van der Waals surface area contributed by atoms with E-state index in [0.29, 0.717) is 25.1 Å². The molecule has 0 saturated heterocycles. The number of anilines is 1. The van der Waals surface area contributed by atoms with E-state index >= 15 is 0 Å². The second-order valence-electron chi connectivity index (χ2n) is 7.59. The number of carbonyl (C=O) groups is 2. The second kappa shape index (κ2) is 6.39. The van der Waals surface area contributed by atoms with E-state index in [1.54, 1.807) is 18.4 Å². The zero-order valence-electron chi connectivity index (χ0n) is 14.9. The normalized spacial score (nSPS) is 15.5. The Morgan fingerprint density at radius 1 is 1.08 bits per heavy atom. The van der Waals surface area contributed by atoms with Gasteiger partial charge in [0.15, 0.2) is 0 Å². The highest BCUT2D eigenvalue weighted by Gasteiger charge is 2.56. The molecule has 2 N–H and O–H groups in total. The van der Waals surface area contributed by atoms with E-state index in [9.17, 15) is 9.59 Å². The Hall–Kier alpha value is -2.56. The SMILES string of the molecule is CC(C)(C)c1ccccc1NC(=O)C1(C(=O)NCc2ccco2)CC1. The Balaban J connectivity index is 1.70. The van der Waals surface area contributed by atoms with Crippen LogP contribution in [0.25, 0.3) is 0 Å². The average Bonchev–Trinajstić information content (AvgIpc) is 3.22. The molecule has 0 aliphatic heterocycles. The zero-order chi connectivity index (χ0) is 18.1. The number of para-hydroxylation sites is 1. The fraction of sp³-hybridized carbons (Fsp3) is 0.400. The largest absolute Gasteiger partial charge is 0.467 e.